The number of nitrogens with one attached hydrogen (secondary N) is 1. The lowest BCUT2D eigenvalue weighted by Gasteiger charge is -2.34. The van der Waals surface area contributed by atoms with E-state index in [1.807, 2.05) is 36.7 Å². The first-order chi connectivity index (χ1) is 14.8. The first kappa shape index (κ1) is 17.6. The Bertz CT molecular complexity index is 1200. The number of hydrogen-bond acceptors (Lipinski definition) is 5. The summed E-state index contributed by atoms with van der Waals surface area (Å²) in [6.07, 6.45) is 7.13. The second kappa shape index (κ2) is 6.92. The molecule has 6 nitrogen and oxygen atoms in total. The molecule has 4 aromatic rings. The van der Waals surface area contributed by atoms with Gasteiger partial charge in [-0.2, -0.15) is 0 Å². The highest BCUT2D eigenvalue weighted by atomic mass is 15.2. The number of benzene rings is 1. The van der Waals surface area contributed by atoms with Crippen molar-refractivity contribution in [3.05, 3.63) is 83.2 Å². The molecule has 1 aromatic carbocycles. The van der Waals surface area contributed by atoms with E-state index in [0.29, 0.717) is 5.92 Å². The number of para-hydroxylation sites is 2. The maximum Gasteiger partial charge on any atom is 0.121 e. The minimum atomic E-state index is 0.279. The van der Waals surface area contributed by atoms with Crippen LogP contribution in [0, 0.1) is 0 Å². The zero-order valence-corrected chi connectivity index (χ0v) is 16.8. The second-order valence-electron chi connectivity index (χ2n) is 8.34. The van der Waals surface area contributed by atoms with Crippen LogP contribution in [-0.4, -0.2) is 31.4 Å². The molecule has 6 heteroatoms. The Morgan fingerprint density at radius 2 is 1.93 bits per heavy atom. The molecule has 6 rings (SSSR count). The lowest BCUT2D eigenvalue weighted by atomic mass is 9.90. The van der Waals surface area contributed by atoms with E-state index in [1.54, 1.807) is 0 Å². The average Bonchev–Trinajstić information content (AvgIpc) is 3.32. The number of pyridine rings is 2. The number of fused-ring (bicyclic) bond motifs is 3. The highest BCUT2D eigenvalue weighted by molar-refractivity contribution is 5.74. The third-order valence-corrected chi connectivity index (χ3v) is 6.46. The zero-order valence-electron chi connectivity index (χ0n) is 16.8. The minimum Gasteiger partial charge on any atom is -0.398 e. The molecule has 0 radical (unpaired) electrons. The Labute approximate surface area is 175 Å². The van der Waals surface area contributed by atoms with Crippen molar-refractivity contribution in [2.24, 2.45) is 0 Å². The Morgan fingerprint density at radius 1 is 1.03 bits per heavy atom. The van der Waals surface area contributed by atoms with Gasteiger partial charge in [0.1, 0.15) is 5.82 Å². The van der Waals surface area contributed by atoms with Gasteiger partial charge in [0, 0.05) is 36.1 Å². The largest absolute Gasteiger partial charge is 0.398 e. The molecule has 30 heavy (non-hydrogen) atoms. The molecule has 0 fully saturated rings. The Balaban J connectivity index is 1.34. The number of aryl methyl sites for hydroxylation is 1. The number of H-pyrrole nitrogens is 1. The van der Waals surface area contributed by atoms with Crippen molar-refractivity contribution < 1.29 is 0 Å². The first-order valence-corrected chi connectivity index (χ1v) is 10.6. The summed E-state index contributed by atoms with van der Waals surface area (Å²) in [6.45, 7) is 1.63. The molecule has 3 aromatic heterocycles. The number of rotatable bonds is 5. The molecular weight excluding hydrogens is 372 g/mol. The predicted octanol–water partition coefficient (Wildman–Crippen LogP) is 3.96. The van der Waals surface area contributed by atoms with Gasteiger partial charge >= 0.3 is 0 Å². The lowest BCUT2D eigenvalue weighted by molar-refractivity contribution is 0.162. The summed E-state index contributed by atoms with van der Waals surface area (Å²) in [6, 6.07) is 14.7. The van der Waals surface area contributed by atoms with Crippen molar-refractivity contribution >= 4 is 16.7 Å². The molecule has 0 amide bonds. The smallest absolute Gasteiger partial charge is 0.121 e. The van der Waals surface area contributed by atoms with Crippen LogP contribution < -0.4 is 5.73 Å². The molecule has 2 atom stereocenters. The standard InChI is InChI=1S/C24H24N6/c25-17-10-12-27-24-16(22(17)24)13-30(14-21-28-18-7-1-2-8-19(18)29-21)20-9-3-5-15-6-4-11-26-23(15)20/h1-2,4,6-8,10-12,16,20H,3,5,9,13-14H2,(H2,25,27)(H,28,29). The summed E-state index contributed by atoms with van der Waals surface area (Å²) in [5, 5.41) is 0. The van der Waals surface area contributed by atoms with Gasteiger partial charge < -0.3 is 10.7 Å². The summed E-state index contributed by atoms with van der Waals surface area (Å²) in [7, 11) is 0. The van der Waals surface area contributed by atoms with E-state index in [1.165, 1.54) is 23.2 Å². The fourth-order valence-electron chi connectivity index (χ4n) is 4.98. The van der Waals surface area contributed by atoms with Crippen molar-refractivity contribution in [1.29, 1.82) is 0 Å². The monoisotopic (exact) mass is 396 g/mol. The third-order valence-electron chi connectivity index (χ3n) is 6.46. The molecule has 2 aliphatic rings. The van der Waals surface area contributed by atoms with Crippen molar-refractivity contribution in [2.45, 2.75) is 37.8 Å². The van der Waals surface area contributed by atoms with Crippen LogP contribution in [0.1, 0.15) is 53.1 Å². The van der Waals surface area contributed by atoms with E-state index in [-0.39, 0.29) is 6.04 Å². The number of anilines is 1. The van der Waals surface area contributed by atoms with Crippen molar-refractivity contribution in [2.75, 3.05) is 12.3 Å². The minimum absolute atomic E-state index is 0.279. The van der Waals surface area contributed by atoms with Crippen LogP contribution in [0.25, 0.3) is 11.0 Å². The topological polar surface area (TPSA) is 83.7 Å². The van der Waals surface area contributed by atoms with E-state index in [2.05, 4.69) is 33.1 Å². The highest BCUT2D eigenvalue weighted by Crippen LogP contribution is 2.47. The Hall–Kier alpha value is -3.25. The maximum absolute atomic E-state index is 6.21. The Kier molecular flexibility index (Phi) is 4.06. The fraction of sp³-hybridized carbons (Fsp3) is 0.292. The van der Waals surface area contributed by atoms with Crippen LogP contribution in [0.2, 0.25) is 0 Å². The number of nitrogen functional groups attached to an aromatic ring is 1. The number of hydrogen-bond donors (Lipinski definition) is 2. The van der Waals surface area contributed by atoms with E-state index in [0.717, 1.165) is 54.2 Å². The molecule has 0 saturated carbocycles. The third kappa shape index (κ3) is 2.95. The van der Waals surface area contributed by atoms with Gasteiger partial charge in [-0.25, -0.2) is 4.98 Å². The van der Waals surface area contributed by atoms with Crippen molar-refractivity contribution in [3.8, 4) is 0 Å². The van der Waals surface area contributed by atoms with Crippen LogP contribution in [-0.2, 0) is 13.0 Å². The van der Waals surface area contributed by atoms with Gasteiger partial charge in [-0.15, -0.1) is 0 Å². The molecular formula is C24H24N6. The number of aromatic amines is 1. The maximum atomic E-state index is 6.21. The van der Waals surface area contributed by atoms with E-state index in [9.17, 15) is 0 Å². The van der Waals surface area contributed by atoms with Crippen LogP contribution in [0.5, 0.6) is 0 Å². The number of imidazole rings is 1. The summed E-state index contributed by atoms with van der Waals surface area (Å²) in [4.78, 5) is 20.2. The molecule has 3 heterocycles. The summed E-state index contributed by atoms with van der Waals surface area (Å²) in [5.41, 5.74) is 14.1. The normalized spacial score (nSPS) is 19.6. The molecule has 0 aliphatic heterocycles. The summed E-state index contributed by atoms with van der Waals surface area (Å²) in [5.74, 6) is 1.29. The highest BCUT2D eigenvalue weighted by Gasteiger charge is 2.40. The zero-order chi connectivity index (χ0) is 20.1. The molecule has 0 bridgehead atoms. The first-order valence-electron chi connectivity index (χ1n) is 10.6. The van der Waals surface area contributed by atoms with Gasteiger partial charge in [0.05, 0.1) is 35.0 Å². The number of aromatic nitrogens is 4. The summed E-state index contributed by atoms with van der Waals surface area (Å²) < 4.78 is 0. The van der Waals surface area contributed by atoms with Gasteiger partial charge in [0.2, 0.25) is 0 Å². The number of nitrogens with two attached hydrogens (primary N) is 1. The lowest BCUT2D eigenvalue weighted by Crippen LogP contribution is -2.33. The molecule has 2 unspecified atom stereocenters. The molecule has 0 spiro atoms. The molecule has 0 saturated heterocycles. The van der Waals surface area contributed by atoms with Gasteiger partial charge in [-0.3, -0.25) is 14.9 Å². The number of nitrogens with zero attached hydrogens (tertiary/aromatic N) is 4. The van der Waals surface area contributed by atoms with Gasteiger partial charge in [-0.1, -0.05) is 18.2 Å². The SMILES string of the molecule is Nc1ccnc2c1C2CN(Cc1nc2ccccc2[nH]1)C1CCCc2cccnc21. The molecule has 150 valence electrons. The van der Waals surface area contributed by atoms with Crippen LogP contribution in [0.15, 0.2) is 54.9 Å². The van der Waals surface area contributed by atoms with Crippen LogP contribution in [0.3, 0.4) is 0 Å². The van der Waals surface area contributed by atoms with E-state index >= 15 is 0 Å². The van der Waals surface area contributed by atoms with Crippen molar-refractivity contribution in [3.63, 3.8) is 0 Å². The second-order valence-corrected chi connectivity index (χ2v) is 8.34. The molecule has 2 aliphatic carbocycles. The van der Waals surface area contributed by atoms with E-state index < -0.39 is 0 Å². The predicted molar refractivity (Wildman–Crippen MR) is 117 cm³/mol. The Morgan fingerprint density at radius 3 is 2.83 bits per heavy atom. The summed E-state index contributed by atoms with van der Waals surface area (Å²) >= 11 is 0. The van der Waals surface area contributed by atoms with Crippen LogP contribution >= 0.6 is 0 Å². The van der Waals surface area contributed by atoms with Gasteiger partial charge in [0.15, 0.2) is 0 Å². The molecule has 3 N–H and O–H groups in total. The van der Waals surface area contributed by atoms with Crippen molar-refractivity contribution in [1.82, 2.24) is 24.8 Å². The quantitative estimate of drug-likeness (QED) is 0.533. The van der Waals surface area contributed by atoms with Crippen LogP contribution in [0.4, 0.5) is 5.69 Å². The van der Waals surface area contributed by atoms with E-state index in [4.69, 9.17) is 15.7 Å². The van der Waals surface area contributed by atoms with Gasteiger partial charge in [-0.05, 0) is 49.1 Å². The fourth-order valence-corrected chi connectivity index (χ4v) is 4.98. The average molecular weight is 396 g/mol. The van der Waals surface area contributed by atoms with Gasteiger partial charge in [0.25, 0.3) is 0 Å².